The number of nitrogens with zero attached hydrogens (tertiary/aromatic N) is 1. The minimum absolute atomic E-state index is 0.124. The van der Waals surface area contributed by atoms with E-state index in [0.29, 0.717) is 5.56 Å². The Hall–Kier alpha value is -1.69. The maximum absolute atomic E-state index is 11.3. The molecule has 6 heteroatoms. The van der Waals surface area contributed by atoms with Crippen LogP contribution >= 0.6 is 11.8 Å². The zero-order valence-electron chi connectivity index (χ0n) is 8.21. The van der Waals surface area contributed by atoms with Crippen LogP contribution in [-0.2, 0) is 11.3 Å². The quantitative estimate of drug-likeness (QED) is 0.760. The number of phenols is 2. The summed E-state index contributed by atoms with van der Waals surface area (Å²) in [6.07, 6.45) is 0. The lowest BCUT2D eigenvalue weighted by Gasteiger charge is -2.12. The van der Waals surface area contributed by atoms with Crippen LogP contribution < -0.4 is 0 Å². The summed E-state index contributed by atoms with van der Waals surface area (Å²) in [6, 6.07) is 4.21. The van der Waals surface area contributed by atoms with Gasteiger partial charge >= 0.3 is 0 Å². The van der Waals surface area contributed by atoms with Gasteiger partial charge < -0.3 is 10.2 Å². The second-order valence-electron chi connectivity index (χ2n) is 3.36. The Kier molecular flexibility index (Phi) is 2.74. The molecule has 5 nitrogen and oxygen atoms in total. The standard InChI is InChI=1S/C10H9NO4S/c12-7-2-1-6(3-8(7)13)4-11-9(14)5-16-10(11)15/h1-3,12-13H,4-5H2. The molecule has 0 saturated carbocycles. The van der Waals surface area contributed by atoms with E-state index >= 15 is 0 Å². The number of carbonyl (C=O) groups is 2. The molecular formula is C10H9NO4S. The van der Waals surface area contributed by atoms with Crippen molar-refractivity contribution in [2.75, 3.05) is 5.75 Å². The van der Waals surface area contributed by atoms with E-state index in [0.717, 1.165) is 16.7 Å². The Morgan fingerprint density at radius 2 is 2.00 bits per heavy atom. The monoisotopic (exact) mass is 239 g/mol. The minimum atomic E-state index is -0.280. The smallest absolute Gasteiger partial charge is 0.289 e. The number of thioether (sulfide) groups is 1. The number of benzene rings is 1. The second kappa shape index (κ2) is 4.05. The summed E-state index contributed by atoms with van der Waals surface area (Å²) < 4.78 is 0. The molecule has 2 rings (SSSR count). The van der Waals surface area contributed by atoms with Gasteiger partial charge in [0.25, 0.3) is 5.24 Å². The summed E-state index contributed by atoms with van der Waals surface area (Å²) in [5, 5.41) is 18.1. The Morgan fingerprint density at radius 1 is 1.25 bits per heavy atom. The summed E-state index contributed by atoms with van der Waals surface area (Å²) in [5.74, 6) is -0.549. The predicted octanol–water partition coefficient (Wildman–Crippen LogP) is 1.29. The molecule has 1 aliphatic rings. The van der Waals surface area contributed by atoms with Crippen molar-refractivity contribution in [3.05, 3.63) is 23.8 Å². The molecule has 0 unspecified atom stereocenters. The third-order valence-corrected chi connectivity index (χ3v) is 3.08. The fraction of sp³-hybridized carbons (Fsp3) is 0.200. The molecule has 0 aliphatic carbocycles. The summed E-state index contributed by atoms with van der Waals surface area (Å²) in [6.45, 7) is 0.124. The largest absolute Gasteiger partial charge is 0.504 e. The summed E-state index contributed by atoms with van der Waals surface area (Å²) in [5.41, 5.74) is 0.597. The lowest BCUT2D eigenvalue weighted by molar-refractivity contribution is -0.125. The summed E-state index contributed by atoms with van der Waals surface area (Å²) in [4.78, 5) is 23.7. The first-order valence-corrected chi connectivity index (χ1v) is 5.54. The number of carbonyl (C=O) groups excluding carboxylic acids is 2. The minimum Gasteiger partial charge on any atom is -0.504 e. The highest BCUT2D eigenvalue weighted by atomic mass is 32.2. The highest BCUT2D eigenvalue weighted by molar-refractivity contribution is 8.14. The normalized spacial score (nSPS) is 15.9. The molecule has 2 N–H and O–H groups in total. The van der Waals surface area contributed by atoms with E-state index in [4.69, 9.17) is 5.11 Å². The van der Waals surface area contributed by atoms with Crippen LogP contribution in [0, 0.1) is 0 Å². The van der Waals surface area contributed by atoms with Crippen molar-refractivity contribution < 1.29 is 19.8 Å². The lowest BCUT2D eigenvalue weighted by Crippen LogP contribution is -2.27. The second-order valence-corrected chi connectivity index (χ2v) is 4.28. The molecule has 0 atom stereocenters. The molecule has 0 radical (unpaired) electrons. The third-order valence-electron chi connectivity index (χ3n) is 2.22. The Bertz CT molecular complexity index is 444. The molecule has 16 heavy (non-hydrogen) atoms. The van der Waals surface area contributed by atoms with Crippen molar-refractivity contribution in [3.8, 4) is 11.5 Å². The van der Waals surface area contributed by atoms with E-state index in [-0.39, 0.29) is 34.9 Å². The number of amides is 2. The number of hydrogen-bond acceptors (Lipinski definition) is 5. The fourth-order valence-electron chi connectivity index (χ4n) is 1.38. The molecule has 1 saturated heterocycles. The van der Waals surface area contributed by atoms with Gasteiger partial charge in [0, 0.05) is 0 Å². The van der Waals surface area contributed by atoms with Gasteiger partial charge in [-0.1, -0.05) is 17.8 Å². The molecule has 1 fully saturated rings. The average Bonchev–Trinajstić information content (AvgIpc) is 2.55. The SMILES string of the molecule is O=C1CSC(=O)N1Cc1ccc(O)c(O)c1. The van der Waals surface area contributed by atoms with E-state index in [1.807, 2.05) is 0 Å². The Morgan fingerprint density at radius 3 is 2.56 bits per heavy atom. The topological polar surface area (TPSA) is 77.8 Å². The molecule has 1 aliphatic heterocycles. The Labute approximate surface area is 95.7 Å². The van der Waals surface area contributed by atoms with Crippen LogP contribution in [-0.4, -0.2) is 32.0 Å². The predicted molar refractivity (Wildman–Crippen MR) is 58.2 cm³/mol. The van der Waals surface area contributed by atoms with Gasteiger partial charge in [-0.3, -0.25) is 14.5 Å². The number of rotatable bonds is 2. The molecule has 0 bridgehead atoms. The fourth-order valence-corrected chi connectivity index (χ4v) is 2.11. The van der Waals surface area contributed by atoms with Crippen molar-refractivity contribution in [2.24, 2.45) is 0 Å². The first-order valence-electron chi connectivity index (χ1n) is 4.56. The van der Waals surface area contributed by atoms with E-state index < -0.39 is 0 Å². The van der Waals surface area contributed by atoms with Crippen LogP contribution in [0.15, 0.2) is 18.2 Å². The van der Waals surface area contributed by atoms with Crippen LogP contribution in [0.1, 0.15) is 5.56 Å². The maximum atomic E-state index is 11.3. The number of hydrogen-bond donors (Lipinski definition) is 2. The lowest BCUT2D eigenvalue weighted by atomic mass is 10.2. The van der Waals surface area contributed by atoms with Crippen LogP contribution in [0.3, 0.4) is 0 Å². The zero-order chi connectivity index (χ0) is 11.7. The molecule has 0 spiro atoms. The molecular weight excluding hydrogens is 230 g/mol. The van der Waals surface area contributed by atoms with Gasteiger partial charge in [0.15, 0.2) is 11.5 Å². The summed E-state index contributed by atoms with van der Waals surface area (Å²) in [7, 11) is 0. The molecule has 2 amide bonds. The number of phenolic OH excluding ortho intramolecular Hbond substituents is 2. The van der Waals surface area contributed by atoms with Crippen LogP contribution in [0.25, 0.3) is 0 Å². The van der Waals surface area contributed by atoms with Gasteiger partial charge in [0.2, 0.25) is 5.91 Å². The Balaban J connectivity index is 2.17. The van der Waals surface area contributed by atoms with Gasteiger partial charge in [-0.05, 0) is 17.7 Å². The van der Waals surface area contributed by atoms with E-state index in [1.54, 1.807) is 6.07 Å². The number of aromatic hydroxyl groups is 2. The van der Waals surface area contributed by atoms with Crippen LogP contribution in [0.2, 0.25) is 0 Å². The molecule has 1 aromatic carbocycles. The van der Waals surface area contributed by atoms with Gasteiger partial charge in [0.05, 0.1) is 12.3 Å². The van der Waals surface area contributed by atoms with Gasteiger partial charge in [-0.2, -0.15) is 0 Å². The highest BCUT2D eigenvalue weighted by Crippen LogP contribution is 2.27. The average molecular weight is 239 g/mol. The highest BCUT2D eigenvalue weighted by Gasteiger charge is 2.29. The van der Waals surface area contributed by atoms with Crippen LogP contribution in [0.5, 0.6) is 11.5 Å². The van der Waals surface area contributed by atoms with E-state index in [2.05, 4.69) is 0 Å². The van der Waals surface area contributed by atoms with Crippen molar-refractivity contribution in [3.63, 3.8) is 0 Å². The third kappa shape index (κ3) is 1.96. The first-order chi connectivity index (χ1) is 7.58. The van der Waals surface area contributed by atoms with E-state index in [9.17, 15) is 14.7 Å². The van der Waals surface area contributed by atoms with Gasteiger partial charge in [-0.25, -0.2) is 0 Å². The van der Waals surface area contributed by atoms with Gasteiger partial charge in [-0.15, -0.1) is 0 Å². The maximum Gasteiger partial charge on any atom is 0.289 e. The van der Waals surface area contributed by atoms with Crippen LogP contribution in [0.4, 0.5) is 4.79 Å². The first kappa shape index (κ1) is 10.8. The molecule has 1 heterocycles. The van der Waals surface area contributed by atoms with E-state index in [1.165, 1.54) is 12.1 Å². The number of imide groups is 1. The van der Waals surface area contributed by atoms with Crippen molar-refractivity contribution >= 4 is 22.9 Å². The van der Waals surface area contributed by atoms with Gasteiger partial charge in [0.1, 0.15) is 0 Å². The van der Waals surface area contributed by atoms with Crippen molar-refractivity contribution in [1.82, 2.24) is 4.90 Å². The molecule has 84 valence electrons. The summed E-state index contributed by atoms with van der Waals surface area (Å²) >= 11 is 0.966. The zero-order valence-corrected chi connectivity index (χ0v) is 9.03. The van der Waals surface area contributed by atoms with Crippen molar-refractivity contribution in [2.45, 2.75) is 6.54 Å². The molecule has 0 aromatic heterocycles. The molecule has 1 aromatic rings. The van der Waals surface area contributed by atoms with Crippen molar-refractivity contribution in [1.29, 1.82) is 0 Å².